The molecule has 0 atom stereocenters. The molecule has 6 aromatic carbocycles. The average Bonchev–Trinajstić information content (AvgIpc) is 3.27. The van der Waals surface area contributed by atoms with Gasteiger partial charge in [-0.1, -0.05) is 197 Å². The van der Waals surface area contributed by atoms with Crippen LogP contribution in [-0.4, -0.2) is 0 Å². The van der Waals surface area contributed by atoms with Crippen molar-refractivity contribution in [1.29, 1.82) is 0 Å². The zero-order valence-corrected chi connectivity index (χ0v) is 45.6. The summed E-state index contributed by atoms with van der Waals surface area (Å²) in [4.78, 5) is 0. The van der Waals surface area contributed by atoms with Gasteiger partial charge >= 0.3 is 7.82 Å². The van der Waals surface area contributed by atoms with Crippen LogP contribution in [0.15, 0.2) is 109 Å². The van der Waals surface area contributed by atoms with Crippen molar-refractivity contribution in [3.05, 3.63) is 159 Å². The standard InChI is InChI=1S/C63H81O4P/c1-37(2)52-31-34-55(61(43(13)14)58(52)40(7)8)46-19-25-49(26-20-46)65-68(64,66-50-27-21-47(22-28-50)56-35-32-53(38(3)4)59(41(9)10)62(56)44(15)16)67-51-29-23-48(24-30-51)57-36-33-54(39(5)6)60(42(11)12)63(57)45(17)18/h19-45H,1-18H3. The molecule has 0 saturated carbocycles. The van der Waals surface area contributed by atoms with Gasteiger partial charge in [0.25, 0.3) is 0 Å². The van der Waals surface area contributed by atoms with Crippen LogP contribution < -0.4 is 13.6 Å². The van der Waals surface area contributed by atoms with E-state index in [-0.39, 0.29) is 0 Å². The van der Waals surface area contributed by atoms with Gasteiger partial charge in [0, 0.05) is 0 Å². The summed E-state index contributed by atoms with van der Waals surface area (Å²) in [6.45, 7) is 41.0. The van der Waals surface area contributed by atoms with Crippen molar-refractivity contribution in [2.45, 2.75) is 178 Å². The maximum absolute atomic E-state index is 15.2. The molecule has 5 heteroatoms. The first kappa shape index (κ1) is 52.3. The van der Waals surface area contributed by atoms with E-state index in [1.54, 1.807) is 0 Å². The van der Waals surface area contributed by atoms with E-state index in [0.717, 1.165) is 16.7 Å². The minimum Gasteiger partial charge on any atom is -0.386 e. The monoisotopic (exact) mass is 933 g/mol. The zero-order chi connectivity index (χ0) is 49.9. The summed E-state index contributed by atoms with van der Waals surface area (Å²) in [5.41, 5.74) is 19.4. The van der Waals surface area contributed by atoms with Crippen LogP contribution in [0.5, 0.6) is 17.2 Å². The number of phosphoric ester groups is 1. The van der Waals surface area contributed by atoms with Crippen LogP contribution in [0.4, 0.5) is 0 Å². The molecule has 0 aliphatic rings. The third kappa shape index (κ3) is 11.3. The molecule has 0 unspecified atom stereocenters. The fraction of sp³-hybridized carbons (Fsp3) is 0.429. The average molecular weight is 933 g/mol. The maximum atomic E-state index is 15.2. The lowest BCUT2D eigenvalue weighted by Gasteiger charge is -2.26. The lowest BCUT2D eigenvalue weighted by molar-refractivity contribution is 0.298. The molecule has 0 aromatic heterocycles. The van der Waals surface area contributed by atoms with Gasteiger partial charge in [-0.3, -0.25) is 0 Å². The van der Waals surface area contributed by atoms with Gasteiger partial charge in [0.2, 0.25) is 0 Å². The quantitative estimate of drug-likeness (QED) is 0.0806. The van der Waals surface area contributed by atoms with E-state index in [9.17, 15) is 0 Å². The molecule has 6 rings (SSSR count). The normalized spacial score (nSPS) is 12.3. The Hall–Kier alpha value is -5.05. The Balaban J connectivity index is 1.39. The molecule has 362 valence electrons. The Morgan fingerprint density at radius 2 is 0.471 bits per heavy atom. The molecule has 0 saturated heterocycles. The first-order valence-corrected chi connectivity index (χ1v) is 27.0. The molecule has 0 N–H and O–H groups in total. The summed E-state index contributed by atoms with van der Waals surface area (Å²) >= 11 is 0. The summed E-state index contributed by atoms with van der Waals surface area (Å²) in [6.07, 6.45) is 0. The van der Waals surface area contributed by atoms with E-state index >= 15 is 4.57 Å². The highest BCUT2D eigenvalue weighted by atomic mass is 31.2. The third-order valence-electron chi connectivity index (χ3n) is 13.4. The summed E-state index contributed by atoms with van der Waals surface area (Å²) in [5, 5.41) is 0. The lowest BCUT2D eigenvalue weighted by Crippen LogP contribution is -2.09. The Morgan fingerprint density at radius 3 is 0.647 bits per heavy atom. The van der Waals surface area contributed by atoms with Crippen LogP contribution in [-0.2, 0) is 4.57 Å². The predicted octanol–water partition coefficient (Wildman–Crippen LogP) is 20.4. The van der Waals surface area contributed by atoms with Crippen molar-refractivity contribution >= 4 is 7.82 Å². The molecular weight excluding hydrogens is 852 g/mol. The first-order chi connectivity index (χ1) is 32.0. The van der Waals surface area contributed by atoms with Crippen LogP contribution in [0, 0.1) is 0 Å². The van der Waals surface area contributed by atoms with Crippen molar-refractivity contribution in [2.24, 2.45) is 0 Å². The topological polar surface area (TPSA) is 44.8 Å². The van der Waals surface area contributed by atoms with Gasteiger partial charge in [-0.25, -0.2) is 0 Å². The number of phosphoric acid groups is 1. The van der Waals surface area contributed by atoms with E-state index in [4.69, 9.17) is 13.6 Å². The van der Waals surface area contributed by atoms with Crippen molar-refractivity contribution in [3.63, 3.8) is 0 Å². The molecule has 0 amide bonds. The highest BCUT2D eigenvalue weighted by Gasteiger charge is 2.34. The molecule has 0 radical (unpaired) electrons. The fourth-order valence-corrected chi connectivity index (χ4v) is 11.8. The number of benzene rings is 6. The van der Waals surface area contributed by atoms with Gasteiger partial charge in [-0.2, -0.15) is 4.57 Å². The Kier molecular flexibility index (Phi) is 16.7. The van der Waals surface area contributed by atoms with Crippen LogP contribution in [0.2, 0.25) is 0 Å². The molecule has 0 fully saturated rings. The van der Waals surface area contributed by atoms with E-state index in [0.29, 0.717) is 70.5 Å². The van der Waals surface area contributed by atoms with Crippen LogP contribution in [0.25, 0.3) is 33.4 Å². The molecular formula is C63H81O4P. The van der Waals surface area contributed by atoms with Gasteiger partial charge in [0.05, 0.1) is 0 Å². The molecule has 0 aliphatic carbocycles. The molecule has 4 nitrogen and oxygen atoms in total. The highest BCUT2D eigenvalue weighted by molar-refractivity contribution is 7.49. The van der Waals surface area contributed by atoms with Gasteiger partial charge in [-0.05, 0) is 173 Å². The number of rotatable bonds is 18. The zero-order valence-electron chi connectivity index (χ0n) is 44.7. The molecule has 68 heavy (non-hydrogen) atoms. The molecule has 0 aliphatic heterocycles. The molecule has 6 aromatic rings. The summed E-state index contributed by atoms with van der Waals surface area (Å²) in [7, 11) is -4.34. The minimum atomic E-state index is -4.34. The molecule has 0 bridgehead atoms. The maximum Gasteiger partial charge on any atom is 0.647 e. The van der Waals surface area contributed by atoms with Crippen molar-refractivity contribution in [3.8, 4) is 50.6 Å². The van der Waals surface area contributed by atoms with Gasteiger partial charge in [-0.15, -0.1) is 0 Å². The smallest absolute Gasteiger partial charge is 0.386 e. The summed E-state index contributed by atoms with van der Waals surface area (Å²) in [5.74, 6) is 4.60. The molecule has 0 heterocycles. The SMILES string of the molecule is CC(C)c1ccc(-c2ccc(OP(=O)(Oc3ccc(-c4ccc(C(C)C)c(C(C)C)c4C(C)C)cc3)Oc3ccc(-c4ccc(C(C)C)c(C(C)C)c4C(C)C)cc3)cc2)c(C(C)C)c1C(C)C. The van der Waals surface area contributed by atoms with E-state index in [2.05, 4.69) is 161 Å². The van der Waals surface area contributed by atoms with Gasteiger partial charge < -0.3 is 13.6 Å². The van der Waals surface area contributed by atoms with Crippen molar-refractivity contribution in [2.75, 3.05) is 0 Å². The Bertz CT molecular complexity index is 2400. The van der Waals surface area contributed by atoms with Gasteiger partial charge in [0.1, 0.15) is 17.2 Å². The van der Waals surface area contributed by atoms with Gasteiger partial charge in [0.15, 0.2) is 0 Å². The van der Waals surface area contributed by atoms with Crippen LogP contribution in [0.1, 0.15) is 228 Å². The van der Waals surface area contributed by atoms with Crippen LogP contribution >= 0.6 is 7.82 Å². The lowest BCUT2D eigenvalue weighted by atomic mass is 9.79. The third-order valence-corrected chi connectivity index (χ3v) is 14.7. The van der Waals surface area contributed by atoms with Crippen molar-refractivity contribution < 1.29 is 18.1 Å². The predicted molar refractivity (Wildman–Crippen MR) is 292 cm³/mol. The number of hydrogen-bond acceptors (Lipinski definition) is 4. The van der Waals surface area contributed by atoms with E-state index in [1.165, 1.54) is 66.8 Å². The van der Waals surface area contributed by atoms with E-state index < -0.39 is 7.82 Å². The first-order valence-electron chi connectivity index (χ1n) is 25.5. The van der Waals surface area contributed by atoms with Crippen LogP contribution in [0.3, 0.4) is 0 Å². The van der Waals surface area contributed by atoms with Crippen molar-refractivity contribution in [1.82, 2.24) is 0 Å². The molecule has 0 spiro atoms. The minimum absolute atomic E-state index is 0.332. The summed E-state index contributed by atoms with van der Waals surface area (Å²) in [6, 6.07) is 37.2. The second-order valence-corrected chi connectivity index (χ2v) is 23.2. The second kappa shape index (κ2) is 21.7. The Labute approximate surface area is 411 Å². The van der Waals surface area contributed by atoms with E-state index in [1.807, 2.05) is 72.8 Å². The fourth-order valence-electron chi connectivity index (χ4n) is 10.6. The Morgan fingerprint density at radius 1 is 0.265 bits per heavy atom. The largest absolute Gasteiger partial charge is 0.647 e. The number of hydrogen-bond donors (Lipinski definition) is 0. The summed E-state index contributed by atoms with van der Waals surface area (Å²) < 4.78 is 34.4. The highest BCUT2D eigenvalue weighted by Crippen LogP contribution is 2.51. The second-order valence-electron chi connectivity index (χ2n) is 21.8.